The van der Waals surface area contributed by atoms with E-state index in [-0.39, 0.29) is 18.0 Å². The summed E-state index contributed by atoms with van der Waals surface area (Å²) in [6.45, 7) is 8.48. The molecule has 0 bridgehead atoms. The zero-order valence-electron chi connectivity index (χ0n) is 12.7. The minimum absolute atomic E-state index is 0.0640. The van der Waals surface area contributed by atoms with Crippen molar-refractivity contribution in [1.82, 2.24) is 10.6 Å². The molecule has 1 rings (SSSR count). The first-order valence-electron chi connectivity index (χ1n) is 6.98. The third kappa shape index (κ3) is 4.67. The summed E-state index contributed by atoms with van der Waals surface area (Å²) in [6.07, 6.45) is 0.843. The molecule has 19 heavy (non-hydrogen) atoms. The monoisotopic (exact) mass is 262 g/mol. The molecule has 0 aliphatic rings. The first-order valence-corrected chi connectivity index (χ1v) is 6.98. The van der Waals surface area contributed by atoms with Crippen molar-refractivity contribution < 1.29 is 4.79 Å². The van der Waals surface area contributed by atoms with Crippen molar-refractivity contribution in [2.24, 2.45) is 5.92 Å². The first-order chi connectivity index (χ1) is 8.95. The fourth-order valence-electron chi connectivity index (χ4n) is 2.36. The number of nitrogens with one attached hydrogen (secondary N) is 2. The van der Waals surface area contributed by atoms with Gasteiger partial charge in [-0.3, -0.25) is 10.1 Å². The standard InChI is InChI=1S/C16H26N2O/c1-11(2)10-15(16(19)17-5)18-13(4)14-9-7-6-8-12(14)3/h6-9,11,13,15,18H,10H2,1-5H3,(H,17,19). The second kappa shape index (κ2) is 7.29. The molecule has 2 N–H and O–H groups in total. The highest BCUT2D eigenvalue weighted by atomic mass is 16.2. The van der Waals surface area contributed by atoms with Gasteiger partial charge in [0.1, 0.15) is 0 Å². The SMILES string of the molecule is CNC(=O)C(CC(C)C)NC(C)c1ccccc1C. The smallest absolute Gasteiger partial charge is 0.236 e. The Morgan fingerprint density at radius 1 is 1.21 bits per heavy atom. The Morgan fingerprint density at radius 3 is 2.37 bits per heavy atom. The van der Waals surface area contributed by atoms with Crippen LogP contribution < -0.4 is 10.6 Å². The number of benzene rings is 1. The topological polar surface area (TPSA) is 41.1 Å². The van der Waals surface area contributed by atoms with E-state index < -0.39 is 0 Å². The van der Waals surface area contributed by atoms with Crippen LogP contribution >= 0.6 is 0 Å². The van der Waals surface area contributed by atoms with Gasteiger partial charge in [0.05, 0.1) is 6.04 Å². The molecule has 106 valence electrons. The predicted molar refractivity (Wildman–Crippen MR) is 80.0 cm³/mol. The number of likely N-dealkylation sites (N-methyl/N-ethyl adjacent to an activating group) is 1. The summed E-state index contributed by atoms with van der Waals surface area (Å²) in [7, 11) is 1.69. The maximum atomic E-state index is 11.9. The normalized spacial score (nSPS) is 14.2. The molecule has 0 fully saturated rings. The lowest BCUT2D eigenvalue weighted by Crippen LogP contribution is -2.44. The molecule has 3 heteroatoms. The van der Waals surface area contributed by atoms with Crippen molar-refractivity contribution in [1.29, 1.82) is 0 Å². The van der Waals surface area contributed by atoms with E-state index in [1.165, 1.54) is 11.1 Å². The average molecular weight is 262 g/mol. The highest BCUT2D eigenvalue weighted by Gasteiger charge is 2.21. The quantitative estimate of drug-likeness (QED) is 0.827. The third-order valence-electron chi connectivity index (χ3n) is 3.38. The minimum Gasteiger partial charge on any atom is -0.358 e. The van der Waals surface area contributed by atoms with Crippen LogP contribution in [-0.2, 0) is 4.79 Å². The lowest BCUT2D eigenvalue weighted by atomic mass is 9.98. The van der Waals surface area contributed by atoms with E-state index in [4.69, 9.17) is 0 Å². The Hall–Kier alpha value is -1.35. The van der Waals surface area contributed by atoms with Gasteiger partial charge in [0.25, 0.3) is 0 Å². The lowest BCUT2D eigenvalue weighted by Gasteiger charge is -2.24. The number of carbonyl (C=O) groups excluding carboxylic acids is 1. The molecule has 2 unspecified atom stereocenters. The maximum absolute atomic E-state index is 11.9. The highest BCUT2D eigenvalue weighted by molar-refractivity contribution is 5.81. The molecule has 0 aliphatic carbocycles. The van der Waals surface area contributed by atoms with E-state index in [9.17, 15) is 4.79 Å². The first kappa shape index (κ1) is 15.7. The Labute approximate surface area is 116 Å². The molecule has 2 atom stereocenters. The summed E-state index contributed by atoms with van der Waals surface area (Å²) >= 11 is 0. The van der Waals surface area contributed by atoms with E-state index >= 15 is 0 Å². The lowest BCUT2D eigenvalue weighted by molar-refractivity contribution is -0.123. The summed E-state index contributed by atoms with van der Waals surface area (Å²) < 4.78 is 0. The van der Waals surface area contributed by atoms with Crippen LogP contribution in [-0.4, -0.2) is 19.0 Å². The van der Waals surface area contributed by atoms with Gasteiger partial charge < -0.3 is 5.32 Å². The van der Waals surface area contributed by atoms with Gasteiger partial charge in [0.15, 0.2) is 0 Å². The van der Waals surface area contributed by atoms with Gasteiger partial charge in [-0.2, -0.15) is 0 Å². The molecule has 1 aromatic rings. The van der Waals surface area contributed by atoms with Gasteiger partial charge in [0.2, 0.25) is 5.91 Å². The van der Waals surface area contributed by atoms with Gasteiger partial charge in [-0.05, 0) is 37.3 Å². The predicted octanol–water partition coefficient (Wildman–Crippen LogP) is 2.81. The Balaban J connectivity index is 2.78. The minimum atomic E-state index is -0.139. The molecule has 0 heterocycles. The number of hydrogen-bond acceptors (Lipinski definition) is 2. The molecule has 0 aromatic heterocycles. The number of carbonyl (C=O) groups is 1. The molecule has 0 aliphatic heterocycles. The van der Waals surface area contributed by atoms with Crippen LogP contribution in [0.5, 0.6) is 0 Å². The molecular formula is C16H26N2O. The number of rotatable bonds is 6. The number of hydrogen-bond donors (Lipinski definition) is 2. The van der Waals surface area contributed by atoms with Crippen molar-refractivity contribution >= 4 is 5.91 Å². The Bertz CT molecular complexity index is 415. The summed E-state index contributed by atoms with van der Waals surface area (Å²) in [5.74, 6) is 0.549. The highest BCUT2D eigenvalue weighted by Crippen LogP contribution is 2.18. The largest absolute Gasteiger partial charge is 0.358 e. The van der Waals surface area contributed by atoms with Crippen molar-refractivity contribution in [3.8, 4) is 0 Å². The molecule has 0 spiro atoms. The van der Waals surface area contributed by atoms with Crippen LogP contribution in [0.25, 0.3) is 0 Å². The molecule has 1 amide bonds. The van der Waals surface area contributed by atoms with Gasteiger partial charge in [0, 0.05) is 13.1 Å². The molecular weight excluding hydrogens is 236 g/mol. The van der Waals surface area contributed by atoms with Gasteiger partial charge in [-0.15, -0.1) is 0 Å². The zero-order chi connectivity index (χ0) is 14.4. The fourth-order valence-corrected chi connectivity index (χ4v) is 2.36. The Kier molecular flexibility index (Phi) is 6.03. The van der Waals surface area contributed by atoms with Crippen LogP contribution in [0.1, 0.15) is 44.4 Å². The van der Waals surface area contributed by atoms with E-state index in [1.807, 2.05) is 12.1 Å². The molecule has 1 aromatic carbocycles. The fraction of sp³-hybridized carbons (Fsp3) is 0.562. The third-order valence-corrected chi connectivity index (χ3v) is 3.38. The van der Waals surface area contributed by atoms with Gasteiger partial charge in [-0.1, -0.05) is 38.1 Å². The molecule has 0 radical (unpaired) electrons. The van der Waals surface area contributed by atoms with Crippen LogP contribution in [0.2, 0.25) is 0 Å². The van der Waals surface area contributed by atoms with Crippen molar-refractivity contribution in [3.63, 3.8) is 0 Å². The molecule has 3 nitrogen and oxygen atoms in total. The van der Waals surface area contributed by atoms with E-state index in [2.05, 4.69) is 50.5 Å². The van der Waals surface area contributed by atoms with Crippen LogP contribution in [0, 0.1) is 12.8 Å². The summed E-state index contributed by atoms with van der Waals surface area (Å²) in [4.78, 5) is 11.9. The summed E-state index contributed by atoms with van der Waals surface area (Å²) in [5, 5.41) is 6.18. The van der Waals surface area contributed by atoms with E-state index in [0.29, 0.717) is 5.92 Å². The second-order valence-corrected chi connectivity index (χ2v) is 5.54. The van der Waals surface area contributed by atoms with E-state index in [0.717, 1.165) is 6.42 Å². The molecule has 0 saturated carbocycles. The summed E-state index contributed by atoms with van der Waals surface area (Å²) in [5.41, 5.74) is 2.50. The zero-order valence-corrected chi connectivity index (χ0v) is 12.7. The number of amides is 1. The van der Waals surface area contributed by atoms with Crippen LogP contribution in [0.15, 0.2) is 24.3 Å². The number of aryl methyl sites for hydroxylation is 1. The van der Waals surface area contributed by atoms with Crippen molar-refractivity contribution in [2.45, 2.75) is 46.2 Å². The van der Waals surface area contributed by atoms with Crippen molar-refractivity contribution in [2.75, 3.05) is 7.05 Å². The van der Waals surface area contributed by atoms with Gasteiger partial charge in [-0.25, -0.2) is 0 Å². The average Bonchev–Trinajstić information content (AvgIpc) is 2.36. The summed E-state index contributed by atoms with van der Waals surface area (Å²) in [6, 6.07) is 8.32. The van der Waals surface area contributed by atoms with Crippen LogP contribution in [0.4, 0.5) is 0 Å². The van der Waals surface area contributed by atoms with Gasteiger partial charge >= 0.3 is 0 Å². The second-order valence-electron chi connectivity index (χ2n) is 5.54. The maximum Gasteiger partial charge on any atom is 0.236 e. The van der Waals surface area contributed by atoms with E-state index in [1.54, 1.807) is 7.05 Å². The van der Waals surface area contributed by atoms with Crippen LogP contribution in [0.3, 0.4) is 0 Å². The molecule has 0 saturated heterocycles. The van der Waals surface area contributed by atoms with Crippen molar-refractivity contribution in [3.05, 3.63) is 35.4 Å². The Morgan fingerprint density at radius 2 is 1.84 bits per heavy atom.